The summed E-state index contributed by atoms with van der Waals surface area (Å²) in [6, 6.07) is 24.9. The van der Waals surface area contributed by atoms with E-state index >= 15 is 0 Å². The van der Waals surface area contributed by atoms with E-state index in [4.69, 9.17) is 0 Å². The Labute approximate surface area is 161 Å². The van der Waals surface area contributed by atoms with Crippen molar-refractivity contribution < 1.29 is 4.79 Å². The number of nitrogens with one attached hydrogen (secondary N) is 2. The van der Waals surface area contributed by atoms with Gasteiger partial charge in [-0.2, -0.15) is 0 Å². The molecule has 5 aromatic rings. The summed E-state index contributed by atoms with van der Waals surface area (Å²) >= 11 is 0. The van der Waals surface area contributed by atoms with Crippen LogP contribution in [0.3, 0.4) is 0 Å². The van der Waals surface area contributed by atoms with E-state index in [1.54, 1.807) is 12.3 Å². The zero-order valence-corrected chi connectivity index (χ0v) is 14.9. The molecule has 134 valence electrons. The molecule has 0 aliphatic rings. The van der Waals surface area contributed by atoms with Crippen LogP contribution in [0.1, 0.15) is 10.4 Å². The molecule has 1 amide bonds. The summed E-state index contributed by atoms with van der Waals surface area (Å²) < 4.78 is 0. The number of fused-ring (bicyclic) bond motifs is 2. The zero-order chi connectivity index (χ0) is 18.9. The first-order chi connectivity index (χ1) is 13.8. The number of hydrogen-bond donors (Lipinski definition) is 2. The summed E-state index contributed by atoms with van der Waals surface area (Å²) in [5.41, 5.74) is 5.10. The zero-order valence-electron chi connectivity index (χ0n) is 14.9. The second-order valence-electron chi connectivity index (χ2n) is 6.54. The fourth-order valence-corrected chi connectivity index (χ4v) is 3.22. The Kier molecular flexibility index (Phi) is 3.84. The molecule has 2 aromatic heterocycles. The predicted molar refractivity (Wildman–Crippen MR) is 111 cm³/mol. The van der Waals surface area contributed by atoms with Gasteiger partial charge in [0, 0.05) is 28.4 Å². The lowest BCUT2D eigenvalue weighted by Crippen LogP contribution is -2.11. The van der Waals surface area contributed by atoms with Gasteiger partial charge in [0.1, 0.15) is 5.82 Å². The minimum Gasteiger partial charge on any atom is -0.338 e. The molecule has 0 fully saturated rings. The number of aromatic amines is 1. The molecule has 5 nitrogen and oxygen atoms in total. The van der Waals surface area contributed by atoms with Crippen molar-refractivity contribution in [3.63, 3.8) is 0 Å². The maximum absolute atomic E-state index is 12.6. The number of para-hydroxylation sites is 2. The summed E-state index contributed by atoms with van der Waals surface area (Å²) in [6.07, 6.45) is 1.74. The van der Waals surface area contributed by atoms with Gasteiger partial charge in [0.15, 0.2) is 0 Å². The number of imidazole rings is 1. The Morgan fingerprint density at radius 3 is 2.57 bits per heavy atom. The third-order valence-electron chi connectivity index (χ3n) is 4.67. The number of carbonyl (C=O) groups is 1. The van der Waals surface area contributed by atoms with Crippen molar-refractivity contribution in [3.05, 3.63) is 90.6 Å². The van der Waals surface area contributed by atoms with Crippen LogP contribution in [-0.2, 0) is 0 Å². The van der Waals surface area contributed by atoms with Crippen LogP contribution in [0.2, 0.25) is 0 Å². The smallest absolute Gasteiger partial charge is 0.255 e. The average Bonchev–Trinajstić information content (AvgIpc) is 3.18. The molecule has 0 atom stereocenters. The third kappa shape index (κ3) is 2.99. The van der Waals surface area contributed by atoms with Crippen molar-refractivity contribution in [2.75, 3.05) is 5.32 Å². The molecule has 0 radical (unpaired) electrons. The Balaban J connectivity index is 1.37. The maximum Gasteiger partial charge on any atom is 0.255 e. The lowest BCUT2D eigenvalue weighted by molar-refractivity contribution is 0.102. The normalized spacial score (nSPS) is 11.0. The van der Waals surface area contributed by atoms with E-state index in [2.05, 4.69) is 20.3 Å². The minimum absolute atomic E-state index is 0.151. The molecular weight excluding hydrogens is 348 g/mol. The lowest BCUT2D eigenvalue weighted by atomic mass is 10.1. The Morgan fingerprint density at radius 1 is 0.857 bits per heavy atom. The highest BCUT2D eigenvalue weighted by atomic mass is 16.1. The van der Waals surface area contributed by atoms with E-state index < -0.39 is 0 Å². The van der Waals surface area contributed by atoms with Gasteiger partial charge in [-0.05, 0) is 60.7 Å². The number of rotatable bonds is 3. The third-order valence-corrected chi connectivity index (χ3v) is 4.67. The summed E-state index contributed by atoms with van der Waals surface area (Å²) in [4.78, 5) is 24.8. The average molecular weight is 364 g/mol. The second-order valence-corrected chi connectivity index (χ2v) is 6.54. The van der Waals surface area contributed by atoms with Crippen LogP contribution in [-0.4, -0.2) is 20.9 Å². The standard InChI is InChI=1S/C23H16N4O/c28-23(17-9-12-19-16(14-17)4-3-13-24-19)25-18-10-7-15(8-11-18)22-26-20-5-1-2-6-21(20)27-22/h1-14H,(H,25,28)(H,26,27). The van der Waals surface area contributed by atoms with Crippen molar-refractivity contribution in [2.24, 2.45) is 0 Å². The van der Waals surface area contributed by atoms with Gasteiger partial charge in [-0.3, -0.25) is 9.78 Å². The highest BCUT2D eigenvalue weighted by Crippen LogP contribution is 2.22. The molecule has 0 aliphatic carbocycles. The van der Waals surface area contributed by atoms with E-state index in [0.29, 0.717) is 5.56 Å². The number of carbonyl (C=O) groups excluding carboxylic acids is 1. The van der Waals surface area contributed by atoms with Gasteiger partial charge < -0.3 is 10.3 Å². The van der Waals surface area contributed by atoms with Crippen LogP contribution < -0.4 is 5.32 Å². The van der Waals surface area contributed by atoms with Gasteiger partial charge >= 0.3 is 0 Å². The van der Waals surface area contributed by atoms with E-state index in [0.717, 1.165) is 39.0 Å². The summed E-state index contributed by atoms with van der Waals surface area (Å²) in [7, 11) is 0. The first kappa shape index (κ1) is 16.2. The molecule has 28 heavy (non-hydrogen) atoms. The summed E-state index contributed by atoms with van der Waals surface area (Å²) in [6.45, 7) is 0. The van der Waals surface area contributed by atoms with Crippen molar-refractivity contribution in [1.29, 1.82) is 0 Å². The first-order valence-corrected chi connectivity index (χ1v) is 8.98. The molecule has 0 aliphatic heterocycles. The molecular formula is C23H16N4O. The molecule has 3 aromatic carbocycles. The van der Waals surface area contributed by atoms with Crippen LogP contribution in [0.5, 0.6) is 0 Å². The van der Waals surface area contributed by atoms with Crippen molar-refractivity contribution >= 4 is 33.5 Å². The molecule has 0 saturated heterocycles. The topological polar surface area (TPSA) is 70.7 Å². The van der Waals surface area contributed by atoms with Crippen molar-refractivity contribution in [1.82, 2.24) is 15.0 Å². The number of amides is 1. The van der Waals surface area contributed by atoms with Crippen LogP contribution in [0.4, 0.5) is 5.69 Å². The monoisotopic (exact) mass is 364 g/mol. The Morgan fingerprint density at radius 2 is 1.71 bits per heavy atom. The van der Waals surface area contributed by atoms with E-state index in [1.807, 2.05) is 72.8 Å². The van der Waals surface area contributed by atoms with Crippen LogP contribution >= 0.6 is 0 Å². The first-order valence-electron chi connectivity index (χ1n) is 8.98. The van der Waals surface area contributed by atoms with Crippen molar-refractivity contribution in [3.8, 4) is 11.4 Å². The van der Waals surface area contributed by atoms with Crippen LogP contribution in [0, 0.1) is 0 Å². The number of nitrogens with zero attached hydrogens (tertiary/aromatic N) is 2. The fraction of sp³-hybridized carbons (Fsp3) is 0. The molecule has 0 bridgehead atoms. The van der Waals surface area contributed by atoms with Gasteiger partial charge in [-0.25, -0.2) is 4.98 Å². The van der Waals surface area contributed by atoms with Crippen molar-refractivity contribution in [2.45, 2.75) is 0 Å². The fourth-order valence-electron chi connectivity index (χ4n) is 3.22. The van der Waals surface area contributed by atoms with Gasteiger partial charge in [0.2, 0.25) is 0 Å². The van der Waals surface area contributed by atoms with E-state index in [1.165, 1.54) is 0 Å². The Bertz CT molecular complexity index is 1270. The number of aromatic nitrogens is 3. The van der Waals surface area contributed by atoms with E-state index in [9.17, 15) is 4.79 Å². The Hall–Kier alpha value is -3.99. The highest BCUT2D eigenvalue weighted by Gasteiger charge is 2.09. The van der Waals surface area contributed by atoms with Crippen LogP contribution in [0.15, 0.2) is 85.1 Å². The molecule has 0 unspecified atom stereocenters. The number of anilines is 1. The number of H-pyrrole nitrogens is 1. The van der Waals surface area contributed by atoms with E-state index in [-0.39, 0.29) is 5.91 Å². The van der Waals surface area contributed by atoms with Gasteiger partial charge in [0.05, 0.1) is 16.6 Å². The number of benzene rings is 3. The minimum atomic E-state index is -0.151. The molecule has 0 spiro atoms. The number of pyridine rings is 1. The van der Waals surface area contributed by atoms with Crippen LogP contribution in [0.25, 0.3) is 33.3 Å². The molecule has 5 heteroatoms. The quantitative estimate of drug-likeness (QED) is 0.472. The number of hydrogen-bond acceptors (Lipinski definition) is 3. The summed E-state index contributed by atoms with van der Waals surface area (Å²) in [5.74, 6) is 0.656. The SMILES string of the molecule is O=C(Nc1ccc(-c2nc3ccccc3[nH]2)cc1)c1ccc2ncccc2c1. The molecule has 5 rings (SSSR count). The summed E-state index contributed by atoms with van der Waals surface area (Å²) in [5, 5.41) is 3.88. The molecule has 2 heterocycles. The highest BCUT2D eigenvalue weighted by molar-refractivity contribution is 6.06. The van der Waals surface area contributed by atoms with Gasteiger partial charge in [0.25, 0.3) is 5.91 Å². The second kappa shape index (κ2) is 6.63. The van der Waals surface area contributed by atoms with Gasteiger partial charge in [-0.15, -0.1) is 0 Å². The maximum atomic E-state index is 12.6. The van der Waals surface area contributed by atoms with Gasteiger partial charge in [-0.1, -0.05) is 18.2 Å². The largest absolute Gasteiger partial charge is 0.338 e. The lowest BCUT2D eigenvalue weighted by Gasteiger charge is -2.07. The molecule has 0 saturated carbocycles. The predicted octanol–water partition coefficient (Wildman–Crippen LogP) is 5.03. The molecule has 2 N–H and O–H groups in total.